The van der Waals surface area contributed by atoms with Gasteiger partial charge in [0.2, 0.25) is 5.91 Å². The van der Waals surface area contributed by atoms with Crippen LogP contribution in [0, 0.1) is 0 Å². The number of benzene rings is 2. The minimum absolute atomic E-state index is 0.268. The molecule has 0 saturated carbocycles. The van der Waals surface area contributed by atoms with E-state index < -0.39 is 17.6 Å². The van der Waals surface area contributed by atoms with Gasteiger partial charge in [-0.1, -0.05) is 18.2 Å². The van der Waals surface area contributed by atoms with Crippen molar-refractivity contribution in [2.75, 3.05) is 16.8 Å². The van der Waals surface area contributed by atoms with E-state index in [1.54, 1.807) is 70.2 Å². The Kier molecular flexibility index (Phi) is 5.59. The molecular weight excluding hydrogens is 372 g/mol. The fourth-order valence-corrected chi connectivity index (χ4v) is 3.19. The second kappa shape index (κ2) is 7.95. The van der Waals surface area contributed by atoms with Crippen molar-refractivity contribution in [1.29, 1.82) is 0 Å². The minimum Gasteiger partial charge on any atom is -0.481 e. The molecule has 1 heterocycles. The molecule has 1 aliphatic rings. The zero-order valence-electron chi connectivity index (χ0n) is 16.9. The van der Waals surface area contributed by atoms with Crippen LogP contribution >= 0.6 is 0 Å². The molecule has 1 aliphatic heterocycles. The molecule has 3 rings (SSSR count). The maximum atomic E-state index is 13.3. The summed E-state index contributed by atoms with van der Waals surface area (Å²) in [6, 6.07) is 13.6. The molecule has 0 aromatic heterocycles. The van der Waals surface area contributed by atoms with Crippen LogP contribution in [0.1, 0.15) is 38.1 Å². The standard InChI is InChI=1S/C22H24N2O5/c1-5-28-20(26)15-9-8-10-16(13-15)29-14(2)19(25)24-18-12-7-6-11-17(18)23-21(27)22(24,3)4/h6-14H,5H2,1-4H3,(H,23,27)/t14-/m1/s1. The SMILES string of the molecule is CCOC(=O)c1cccc(O[C@H](C)C(=O)N2c3ccccc3NC(=O)C2(C)C)c1. The molecule has 0 unspecified atom stereocenters. The van der Waals surface area contributed by atoms with Gasteiger partial charge in [-0.25, -0.2) is 4.79 Å². The Morgan fingerprint density at radius 3 is 2.59 bits per heavy atom. The number of rotatable bonds is 5. The summed E-state index contributed by atoms with van der Waals surface area (Å²) in [7, 11) is 0. The summed E-state index contributed by atoms with van der Waals surface area (Å²) in [6.07, 6.45) is -0.884. The van der Waals surface area contributed by atoms with Crippen molar-refractivity contribution >= 4 is 29.2 Å². The number of hydrogen-bond acceptors (Lipinski definition) is 5. The first kappa shape index (κ1) is 20.4. The van der Waals surface area contributed by atoms with E-state index in [2.05, 4.69) is 5.32 Å². The average molecular weight is 396 g/mol. The van der Waals surface area contributed by atoms with E-state index in [9.17, 15) is 14.4 Å². The number of nitrogens with one attached hydrogen (secondary N) is 1. The van der Waals surface area contributed by atoms with Gasteiger partial charge >= 0.3 is 5.97 Å². The van der Waals surface area contributed by atoms with E-state index in [0.29, 0.717) is 22.7 Å². The Balaban J connectivity index is 1.86. The van der Waals surface area contributed by atoms with Crippen molar-refractivity contribution in [2.45, 2.75) is 39.3 Å². The number of para-hydroxylation sites is 2. The van der Waals surface area contributed by atoms with Crippen LogP contribution in [0.5, 0.6) is 5.75 Å². The van der Waals surface area contributed by atoms with Crippen molar-refractivity contribution in [3.05, 3.63) is 54.1 Å². The first-order valence-electron chi connectivity index (χ1n) is 9.44. The van der Waals surface area contributed by atoms with E-state index in [4.69, 9.17) is 9.47 Å². The van der Waals surface area contributed by atoms with Crippen molar-refractivity contribution in [3.8, 4) is 5.75 Å². The Morgan fingerprint density at radius 2 is 1.86 bits per heavy atom. The highest BCUT2D eigenvalue weighted by molar-refractivity contribution is 6.14. The number of ether oxygens (including phenoxy) is 2. The van der Waals surface area contributed by atoms with Gasteiger partial charge in [0.15, 0.2) is 6.10 Å². The van der Waals surface area contributed by atoms with Crippen LogP contribution in [0.4, 0.5) is 11.4 Å². The Hall–Kier alpha value is -3.35. The lowest BCUT2D eigenvalue weighted by Crippen LogP contribution is -2.60. The molecule has 1 atom stereocenters. The number of amides is 2. The van der Waals surface area contributed by atoms with Crippen molar-refractivity contribution in [1.82, 2.24) is 0 Å². The molecule has 29 heavy (non-hydrogen) atoms. The number of anilines is 2. The maximum absolute atomic E-state index is 13.3. The zero-order chi connectivity index (χ0) is 21.2. The van der Waals surface area contributed by atoms with E-state index in [0.717, 1.165) is 0 Å². The molecule has 0 aliphatic carbocycles. The van der Waals surface area contributed by atoms with E-state index in [-0.39, 0.29) is 18.4 Å². The highest BCUT2D eigenvalue weighted by Crippen LogP contribution is 2.37. The quantitative estimate of drug-likeness (QED) is 0.783. The number of fused-ring (bicyclic) bond motifs is 1. The summed E-state index contributed by atoms with van der Waals surface area (Å²) in [6.45, 7) is 6.98. The number of carbonyl (C=O) groups is 3. The van der Waals surface area contributed by atoms with Gasteiger partial charge in [0, 0.05) is 0 Å². The van der Waals surface area contributed by atoms with Crippen LogP contribution in [0.15, 0.2) is 48.5 Å². The van der Waals surface area contributed by atoms with Crippen molar-refractivity contribution in [2.24, 2.45) is 0 Å². The maximum Gasteiger partial charge on any atom is 0.338 e. The van der Waals surface area contributed by atoms with E-state index in [1.165, 1.54) is 11.0 Å². The summed E-state index contributed by atoms with van der Waals surface area (Å²) >= 11 is 0. The Bertz CT molecular complexity index is 954. The fourth-order valence-electron chi connectivity index (χ4n) is 3.19. The van der Waals surface area contributed by atoms with Crippen LogP contribution in [-0.2, 0) is 14.3 Å². The smallest absolute Gasteiger partial charge is 0.338 e. The first-order valence-corrected chi connectivity index (χ1v) is 9.44. The molecule has 1 N–H and O–H groups in total. The number of hydrogen-bond donors (Lipinski definition) is 1. The molecule has 0 saturated heterocycles. The predicted molar refractivity (Wildman–Crippen MR) is 109 cm³/mol. The highest BCUT2D eigenvalue weighted by atomic mass is 16.5. The van der Waals surface area contributed by atoms with Gasteiger partial charge in [-0.15, -0.1) is 0 Å². The summed E-state index contributed by atoms with van der Waals surface area (Å²) in [5.41, 5.74) is 0.432. The van der Waals surface area contributed by atoms with E-state index in [1.807, 2.05) is 0 Å². The van der Waals surface area contributed by atoms with E-state index >= 15 is 0 Å². The molecular formula is C22H24N2O5. The number of esters is 1. The second-order valence-corrected chi connectivity index (χ2v) is 7.21. The van der Waals surface area contributed by atoms with Gasteiger partial charge in [-0.3, -0.25) is 14.5 Å². The van der Waals surface area contributed by atoms with Crippen LogP contribution < -0.4 is 15.0 Å². The molecule has 0 radical (unpaired) electrons. The van der Waals surface area contributed by atoms with Gasteiger partial charge in [0.05, 0.1) is 23.5 Å². The molecule has 7 nitrogen and oxygen atoms in total. The average Bonchev–Trinajstić information content (AvgIpc) is 2.68. The molecule has 0 bridgehead atoms. The summed E-state index contributed by atoms with van der Waals surface area (Å²) in [5, 5.41) is 2.83. The molecule has 2 aromatic carbocycles. The summed E-state index contributed by atoms with van der Waals surface area (Å²) in [5.74, 6) is -0.733. The lowest BCUT2D eigenvalue weighted by Gasteiger charge is -2.42. The minimum atomic E-state index is -1.09. The van der Waals surface area contributed by atoms with Crippen molar-refractivity contribution in [3.63, 3.8) is 0 Å². The molecule has 0 fully saturated rings. The Labute approximate surface area is 169 Å². The predicted octanol–water partition coefficient (Wildman–Crippen LogP) is 3.39. The van der Waals surface area contributed by atoms with Crippen LogP contribution in [0.25, 0.3) is 0 Å². The number of carbonyl (C=O) groups excluding carboxylic acids is 3. The van der Waals surface area contributed by atoms with Crippen LogP contribution in [0.2, 0.25) is 0 Å². The third-order valence-corrected chi connectivity index (χ3v) is 4.73. The topological polar surface area (TPSA) is 84.9 Å². The fraction of sp³-hybridized carbons (Fsp3) is 0.318. The van der Waals surface area contributed by atoms with Crippen molar-refractivity contribution < 1.29 is 23.9 Å². The molecule has 2 aromatic rings. The third-order valence-electron chi connectivity index (χ3n) is 4.73. The first-order chi connectivity index (χ1) is 13.8. The van der Waals surface area contributed by atoms with Gasteiger partial charge in [0.1, 0.15) is 11.3 Å². The Morgan fingerprint density at radius 1 is 1.14 bits per heavy atom. The van der Waals surface area contributed by atoms with Gasteiger partial charge in [-0.05, 0) is 58.0 Å². The van der Waals surface area contributed by atoms with Gasteiger partial charge < -0.3 is 14.8 Å². The lowest BCUT2D eigenvalue weighted by atomic mass is 9.95. The number of nitrogens with zero attached hydrogens (tertiary/aromatic N) is 1. The third kappa shape index (κ3) is 3.94. The molecule has 0 spiro atoms. The molecule has 152 valence electrons. The summed E-state index contributed by atoms with van der Waals surface area (Å²) < 4.78 is 10.8. The highest BCUT2D eigenvalue weighted by Gasteiger charge is 2.45. The lowest BCUT2D eigenvalue weighted by molar-refractivity contribution is -0.130. The van der Waals surface area contributed by atoms with Crippen LogP contribution in [0.3, 0.4) is 0 Å². The molecule has 7 heteroatoms. The second-order valence-electron chi connectivity index (χ2n) is 7.21. The monoisotopic (exact) mass is 396 g/mol. The summed E-state index contributed by atoms with van der Waals surface area (Å²) in [4.78, 5) is 39.2. The molecule has 2 amide bonds. The largest absolute Gasteiger partial charge is 0.481 e. The van der Waals surface area contributed by atoms with Crippen LogP contribution in [-0.4, -0.2) is 36.0 Å². The zero-order valence-corrected chi connectivity index (χ0v) is 16.9. The normalized spacial score (nSPS) is 15.7. The van der Waals surface area contributed by atoms with Gasteiger partial charge in [0.25, 0.3) is 5.91 Å². The van der Waals surface area contributed by atoms with Gasteiger partial charge in [-0.2, -0.15) is 0 Å².